The summed E-state index contributed by atoms with van der Waals surface area (Å²) in [6, 6.07) is 30.9. The maximum Gasteiger partial charge on any atom is 0.475 e. The fourth-order valence-corrected chi connectivity index (χ4v) is 15.7. The molecular weight excluding hydrogens is 1150 g/mol. The number of carbonyl (C=O) groups is 5. The number of benzene rings is 4. The smallest absolute Gasteiger partial charge is 0.456 e. The lowest BCUT2D eigenvalue weighted by Crippen LogP contribution is -2.80. The molecule has 87 heavy (non-hydrogen) atoms. The number of phosphoric acid groups is 1. The molecule has 3 saturated heterocycles. The number of nitrogens with one attached hydrogen (secondary N) is 1. The van der Waals surface area contributed by atoms with Crippen LogP contribution in [0.2, 0.25) is 0 Å². The Bertz CT molecular complexity index is 3710. The van der Waals surface area contributed by atoms with Crippen LogP contribution < -0.4 is 11.1 Å². The molecule has 2 saturated carbocycles. The van der Waals surface area contributed by atoms with Gasteiger partial charge in [-0.3, -0.25) is 27.7 Å². The number of aromatic nitrogens is 4. The molecule has 4 aromatic carbocycles. The molecule has 24 nitrogen and oxygen atoms in total. The zero-order valence-electron chi connectivity index (χ0n) is 47.9. The Kier molecular flexibility index (Phi) is 15.6. The predicted molar refractivity (Wildman–Crippen MR) is 304 cm³/mol. The van der Waals surface area contributed by atoms with Crippen molar-refractivity contribution in [2.75, 3.05) is 18.9 Å². The molecule has 6 N–H and O–H groups in total. The number of rotatable bonds is 14. The lowest BCUT2D eigenvalue weighted by atomic mass is 9.45. The Morgan fingerprint density at radius 2 is 1.45 bits per heavy atom. The number of aliphatic hydroxyl groups is 3. The third-order valence-electron chi connectivity index (χ3n) is 18.4. The average molecular weight is 1210 g/mol. The van der Waals surface area contributed by atoms with Crippen LogP contribution in [0.4, 0.5) is 5.82 Å². The summed E-state index contributed by atoms with van der Waals surface area (Å²) in [4.78, 5) is 85.3. The highest BCUT2D eigenvalue weighted by Gasteiger charge is 2.77. The molecule has 12 rings (SSSR count). The summed E-state index contributed by atoms with van der Waals surface area (Å²) in [5.41, 5.74) is -0.428. The van der Waals surface area contributed by atoms with E-state index in [1.54, 1.807) is 125 Å². The molecule has 3 aliphatic carbocycles. The lowest BCUT2D eigenvalue weighted by molar-refractivity contribution is -0.347. The largest absolute Gasteiger partial charge is 0.475 e. The standard InChI is InChI=1S/C62H65N6O18P/c1-33-39(81-58(75)45(70)43(35-18-10-6-11-19-35)67-54(72)36-20-12-7-13-21-36)28-62(76)51(83-57(74)38-24-16-9-17-25-38)49-60(5,27-26-41-61(49,30-78-41)84-34(2)69)50(48(42(33)59(62,3)4)82-56(73)37-22-14-8-15-23-37)86-87(77)79-29-40-47(85-87)46(71)55(80-40)68-32-66-44-52(63)64-31-65-53(44)68/h6-25,31-32,39-41,43,45-51,55,70-71,76H,26-30H2,1-5H3,(H,67,72)(H2,63,64,65)/t39-,40+,41+,43-,45+,46+,47+,48+,49-,50-,51-,55+,60+,61-,62+,87?/m0/s1. The first-order valence-electron chi connectivity index (χ1n) is 28.5. The lowest BCUT2D eigenvalue weighted by Gasteiger charge is -2.68. The molecule has 2 bridgehead atoms. The SMILES string of the molecule is CC(=O)O[C@@]12CO[C@@H]1CC[C@@]1(C)[C@@H](OP3(=O)OC[C@H]4O[C@@H](n5cnc6c(N)ncnc65)[C@H](O)[C@@H]4O3)[C@H](OC(=O)c3ccccc3)C3=C(C)[C@@H](OC(=O)[C@H](O)[C@@H](NC(=O)c4ccccc4)c4ccccc4)C[C@@](O)([C@@H](OC(=O)c4ccccc4)[C@@H]12)C3(C)C. The molecule has 3 aliphatic heterocycles. The summed E-state index contributed by atoms with van der Waals surface area (Å²) in [5, 5.41) is 41.6. The van der Waals surface area contributed by atoms with E-state index in [0.717, 1.165) is 0 Å². The van der Waals surface area contributed by atoms with E-state index in [4.69, 9.17) is 47.7 Å². The van der Waals surface area contributed by atoms with Crippen LogP contribution in [0.25, 0.3) is 11.2 Å². The van der Waals surface area contributed by atoms with Crippen LogP contribution in [-0.4, -0.2) is 144 Å². The van der Waals surface area contributed by atoms with E-state index in [2.05, 4.69) is 20.3 Å². The summed E-state index contributed by atoms with van der Waals surface area (Å²) in [6.45, 7) is 6.84. The van der Waals surface area contributed by atoms with Gasteiger partial charge in [-0.05, 0) is 72.9 Å². The van der Waals surface area contributed by atoms with Gasteiger partial charge in [0.25, 0.3) is 5.91 Å². The van der Waals surface area contributed by atoms with Gasteiger partial charge in [-0.25, -0.2) is 33.9 Å². The fourth-order valence-electron chi connectivity index (χ4n) is 14.0. The summed E-state index contributed by atoms with van der Waals surface area (Å²) in [5.74, 6) is -5.95. The highest BCUT2D eigenvalue weighted by atomic mass is 31.2. The van der Waals surface area contributed by atoms with Crippen molar-refractivity contribution in [2.24, 2.45) is 16.7 Å². The zero-order chi connectivity index (χ0) is 61.4. The second kappa shape index (κ2) is 22.7. The highest BCUT2D eigenvalue weighted by Crippen LogP contribution is 2.69. The molecule has 456 valence electrons. The summed E-state index contributed by atoms with van der Waals surface area (Å²) in [7, 11) is -5.13. The van der Waals surface area contributed by atoms with Gasteiger partial charge >= 0.3 is 31.7 Å². The van der Waals surface area contributed by atoms with E-state index >= 15 is 18.9 Å². The fraction of sp³-hybridized carbons (Fsp3) is 0.419. The van der Waals surface area contributed by atoms with Gasteiger partial charge in [0.1, 0.15) is 60.2 Å². The van der Waals surface area contributed by atoms with Crippen molar-refractivity contribution in [2.45, 2.75) is 132 Å². The van der Waals surface area contributed by atoms with E-state index in [0.29, 0.717) is 5.56 Å². The zero-order valence-corrected chi connectivity index (χ0v) is 48.8. The number of aliphatic hydroxyl groups excluding tert-OH is 2. The number of ether oxygens (including phenoxy) is 6. The second-order valence-corrected chi connectivity index (χ2v) is 25.3. The average Bonchev–Trinajstić information content (AvgIpc) is 1.17. The van der Waals surface area contributed by atoms with Crippen LogP contribution in [0.1, 0.15) is 103 Å². The number of anilines is 1. The first-order valence-corrected chi connectivity index (χ1v) is 30.0. The maximum absolute atomic E-state index is 16.0. The van der Waals surface area contributed by atoms with Crippen molar-refractivity contribution >= 4 is 54.6 Å². The van der Waals surface area contributed by atoms with E-state index in [1.165, 1.54) is 48.4 Å². The molecule has 0 radical (unpaired) electrons. The molecule has 5 fully saturated rings. The molecular formula is C62H65N6O18P. The Hall–Kier alpha value is -7.77. The summed E-state index contributed by atoms with van der Waals surface area (Å²) in [6.07, 6.45) is -13.4. The van der Waals surface area contributed by atoms with Crippen molar-refractivity contribution in [1.82, 2.24) is 24.8 Å². The van der Waals surface area contributed by atoms with E-state index in [-0.39, 0.29) is 64.3 Å². The van der Waals surface area contributed by atoms with Crippen molar-refractivity contribution < 1.29 is 85.8 Å². The number of nitrogens with zero attached hydrogens (tertiary/aromatic N) is 4. The predicted octanol–water partition coefficient (Wildman–Crippen LogP) is 6.08. The molecule has 0 spiro atoms. The van der Waals surface area contributed by atoms with E-state index in [1.807, 2.05) is 0 Å². The van der Waals surface area contributed by atoms with Crippen LogP contribution >= 0.6 is 7.82 Å². The van der Waals surface area contributed by atoms with E-state index in [9.17, 15) is 24.9 Å². The van der Waals surface area contributed by atoms with Crippen molar-refractivity contribution in [3.63, 3.8) is 0 Å². The Labute approximate surface area is 498 Å². The monoisotopic (exact) mass is 1210 g/mol. The van der Waals surface area contributed by atoms with Crippen molar-refractivity contribution in [3.8, 4) is 0 Å². The minimum Gasteiger partial charge on any atom is -0.456 e. The molecule has 2 aromatic heterocycles. The minimum atomic E-state index is -5.13. The van der Waals surface area contributed by atoms with Crippen molar-refractivity contribution in [1.29, 1.82) is 0 Å². The molecule has 25 heteroatoms. The van der Waals surface area contributed by atoms with Crippen molar-refractivity contribution in [3.05, 3.63) is 167 Å². The molecule has 16 atom stereocenters. The van der Waals surface area contributed by atoms with Crippen LogP contribution in [0.15, 0.2) is 145 Å². The van der Waals surface area contributed by atoms with Gasteiger partial charge in [-0.2, -0.15) is 0 Å². The summed E-state index contributed by atoms with van der Waals surface area (Å²) < 4.78 is 75.9. The quantitative estimate of drug-likeness (QED) is 0.0357. The highest BCUT2D eigenvalue weighted by molar-refractivity contribution is 7.48. The molecule has 5 heterocycles. The number of esters is 4. The molecule has 1 unspecified atom stereocenters. The van der Waals surface area contributed by atoms with Gasteiger partial charge in [0, 0.05) is 29.7 Å². The first kappa shape index (κ1) is 59.6. The van der Waals surface area contributed by atoms with Gasteiger partial charge in [-0.1, -0.05) is 106 Å². The Morgan fingerprint density at radius 3 is 2.07 bits per heavy atom. The Morgan fingerprint density at radius 1 is 0.828 bits per heavy atom. The number of amides is 1. The topological polar surface area (TPSA) is 328 Å². The van der Waals surface area contributed by atoms with Gasteiger partial charge < -0.3 is 54.8 Å². The normalized spacial score (nSPS) is 32.9. The summed E-state index contributed by atoms with van der Waals surface area (Å²) >= 11 is 0. The first-order chi connectivity index (χ1) is 41.6. The number of carbonyl (C=O) groups excluding carboxylic acids is 5. The van der Waals surface area contributed by atoms with Crippen LogP contribution in [-0.2, 0) is 56.1 Å². The number of phosphoric ester groups is 1. The minimum absolute atomic E-state index is 0.0175. The number of fused-ring (bicyclic) bond motifs is 7. The molecule has 1 amide bonds. The van der Waals surface area contributed by atoms with Gasteiger partial charge in [0.2, 0.25) is 0 Å². The number of nitrogen functional groups attached to an aromatic ring is 1. The van der Waals surface area contributed by atoms with E-state index < -0.39 is 146 Å². The third kappa shape index (κ3) is 10.3. The Balaban J connectivity index is 1.02. The van der Waals surface area contributed by atoms with Gasteiger partial charge in [0.15, 0.2) is 35.5 Å². The molecule has 6 aromatic rings. The van der Waals surface area contributed by atoms with Crippen LogP contribution in [0, 0.1) is 16.7 Å². The van der Waals surface area contributed by atoms with Gasteiger partial charge in [-0.15, -0.1) is 0 Å². The third-order valence-corrected chi connectivity index (χ3v) is 19.8. The van der Waals surface area contributed by atoms with Crippen LogP contribution in [0.3, 0.4) is 0 Å². The number of hydrogen-bond acceptors (Lipinski definition) is 22. The number of nitrogens with two attached hydrogens (primary N) is 1. The number of imidazole rings is 1. The second-order valence-electron chi connectivity index (χ2n) is 23.7. The van der Waals surface area contributed by atoms with Crippen LogP contribution in [0.5, 0.6) is 0 Å². The van der Waals surface area contributed by atoms with Gasteiger partial charge in [0.05, 0.1) is 42.6 Å². The number of hydrogen-bond donors (Lipinski definition) is 5. The molecule has 6 aliphatic rings. The maximum atomic E-state index is 16.0.